The minimum Gasteiger partial charge on any atom is -0.325 e. The third kappa shape index (κ3) is 4.49. The van der Waals surface area contributed by atoms with Gasteiger partial charge in [0.05, 0.1) is 5.75 Å². The molecular weight excluding hydrogens is 400 g/mol. The van der Waals surface area contributed by atoms with Gasteiger partial charge in [-0.05, 0) is 37.1 Å². The summed E-state index contributed by atoms with van der Waals surface area (Å²) >= 11 is 4.76. The zero-order chi connectivity index (χ0) is 17.8. The van der Waals surface area contributed by atoms with Gasteiger partial charge in [-0.1, -0.05) is 58.0 Å². The molecule has 2 N–H and O–H groups in total. The number of aromatic nitrogens is 3. The first kappa shape index (κ1) is 17.7. The first-order chi connectivity index (χ1) is 12.0. The fourth-order valence-corrected chi connectivity index (χ4v) is 3.24. The lowest BCUT2D eigenvalue weighted by Gasteiger charge is -2.06. The number of nitrogens with one attached hydrogen (secondary N) is 2. The van der Waals surface area contributed by atoms with Crippen molar-refractivity contribution in [2.75, 3.05) is 11.1 Å². The first-order valence-corrected chi connectivity index (χ1v) is 9.48. The lowest BCUT2D eigenvalue weighted by atomic mass is 10.1. The maximum atomic E-state index is 12.1. The highest BCUT2D eigenvalue weighted by Gasteiger charge is 2.10. The monoisotopic (exact) mass is 416 g/mol. The molecule has 3 rings (SSSR count). The summed E-state index contributed by atoms with van der Waals surface area (Å²) in [7, 11) is 0. The number of anilines is 1. The van der Waals surface area contributed by atoms with Gasteiger partial charge < -0.3 is 5.32 Å². The number of nitrogens with zero attached hydrogens (tertiary/aromatic N) is 2. The number of amides is 1. The third-order valence-corrected chi connectivity index (χ3v) is 5.35. The minimum absolute atomic E-state index is 0.0944. The zero-order valence-electron chi connectivity index (χ0n) is 13.8. The Balaban J connectivity index is 1.59. The smallest absolute Gasteiger partial charge is 0.234 e. The van der Waals surface area contributed by atoms with Crippen molar-refractivity contribution in [1.82, 2.24) is 15.2 Å². The fourth-order valence-electron chi connectivity index (χ4n) is 2.27. The largest absolute Gasteiger partial charge is 0.325 e. The molecule has 1 heterocycles. The summed E-state index contributed by atoms with van der Waals surface area (Å²) in [5, 5.41) is 10.5. The van der Waals surface area contributed by atoms with E-state index in [1.54, 1.807) is 0 Å². The van der Waals surface area contributed by atoms with E-state index in [9.17, 15) is 4.79 Å². The number of benzene rings is 2. The van der Waals surface area contributed by atoms with Crippen LogP contribution in [-0.2, 0) is 4.79 Å². The van der Waals surface area contributed by atoms with E-state index in [-0.39, 0.29) is 11.7 Å². The lowest BCUT2D eigenvalue weighted by Crippen LogP contribution is -2.14. The molecule has 0 spiro atoms. The summed E-state index contributed by atoms with van der Waals surface area (Å²) in [6.07, 6.45) is 0. The molecule has 7 heteroatoms. The molecule has 0 atom stereocenters. The Morgan fingerprint density at radius 2 is 2.00 bits per heavy atom. The molecule has 5 nitrogen and oxygen atoms in total. The minimum atomic E-state index is -0.0944. The molecule has 3 aromatic rings. The van der Waals surface area contributed by atoms with Crippen LogP contribution in [-0.4, -0.2) is 26.8 Å². The van der Waals surface area contributed by atoms with Gasteiger partial charge in [-0.15, -0.1) is 5.10 Å². The van der Waals surface area contributed by atoms with Crippen LogP contribution in [0.3, 0.4) is 0 Å². The number of hydrogen-bond donors (Lipinski definition) is 2. The van der Waals surface area contributed by atoms with Crippen molar-refractivity contribution in [2.24, 2.45) is 0 Å². The second kappa shape index (κ2) is 7.84. The SMILES string of the molecule is Cc1ccc(NC(=O)CSc2n[nH]c(-c3ccccc3C)n2)cc1Br. The van der Waals surface area contributed by atoms with Gasteiger partial charge in [0.25, 0.3) is 0 Å². The molecule has 1 aromatic heterocycles. The molecular formula is C18H17BrN4OS. The van der Waals surface area contributed by atoms with Crippen molar-refractivity contribution in [1.29, 1.82) is 0 Å². The van der Waals surface area contributed by atoms with Gasteiger partial charge in [0.2, 0.25) is 11.1 Å². The van der Waals surface area contributed by atoms with Crippen LogP contribution >= 0.6 is 27.7 Å². The Kier molecular flexibility index (Phi) is 5.55. The Hall–Kier alpha value is -2.12. The number of aryl methyl sites for hydroxylation is 2. The Morgan fingerprint density at radius 3 is 2.76 bits per heavy atom. The van der Waals surface area contributed by atoms with Crippen molar-refractivity contribution in [2.45, 2.75) is 19.0 Å². The van der Waals surface area contributed by atoms with Crippen LogP contribution in [0.2, 0.25) is 0 Å². The maximum absolute atomic E-state index is 12.1. The van der Waals surface area contributed by atoms with Crippen molar-refractivity contribution in [3.05, 3.63) is 58.1 Å². The maximum Gasteiger partial charge on any atom is 0.234 e. The van der Waals surface area contributed by atoms with E-state index in [0.29, 0.717) is 11.0 Å². The normalized spacial score (nSPS) is 10.7. The van der Waals surface area contributed by atoms with E-state index in [1.165, 1.54) is 11.8 Å². The molecule has 0 saturated heterocycles. The van der Waals surface area contributed by atoms with Gasteiger partial charge in [0, 0.05) is 15.7 Å². The second-order valence-corrected chi connectivity index (χ2v) is 7.38. The van der Waals surface area contributed by atoms with Crippen LogP contribution in [0.15, 0.2) is 52.1 Å². The molecule has 0 aliphatic carbocycles. The van der Waals surface area contributed by atoms with Gasteiger partial charge in [0.1, 0.15) is 0 Å². The molecule has 0 aliphatic rings. The van der Waals surface area contributed by atoms with E-state index in [2.05, 4.69) is 36.4 Å². The highest BCUT2D eigenvalue weighted by Crippen LogP contribution is 2.23. The number of rotatable bonds is 5. The first-order valence-electron chi connectivity index (χ1n) is 7.70. The summed E-state index contributed by atoms with van der Waals surface area (Å²) in [6.45, 7) is 4.03. The van der Waals surface area contributed by atoms with Crippen LogP contribution in [0.5, 0.6) is 0 Å². The number of carbonyl (C=O) groups is 1. The van der Waals surface area contributed by atoms with Crippen LogP contribution in [0.1, 0.15) is 11.1 Å². The average molecular weight is 417 g/mol. The average Bonchev–Trinajstić information content (AvgIpc) is 3.05. The number of hydrogen-bond acceptors (Lipinski definition) is 4. The predicted octanol–water partition coefficient (Wildman–Crippen LogP) is 4.58. The highest BCUT2D eigenvalue weighted by molar-refractivity contribution is 9.10. The lowest BCUT2D eigenvalue weighted by molar-refractivity contribution is -0.113. The second-order valence-electron chi connectivity index (χ2n) is 5.58. The van der Waals surface area contributed by atoms with Gasteiger partial charge in [-0.3, -0.25) is 9.89 Å². The summed E-state index contributed by atoms with van der Waals surface area (Å²) in [5.41, 5.74) is 4.02. The molecule has 128 valence electrons. The molecule has 2 aromatic carbocycles. The standard InChI is InChI=1S/C18H17BrN4OS/c1-11-5-3-4-6-14(11)17-21-18(23-22-17)25-10-16(24)20-13-8-7-12(2)15(19)9-13/h3-9H,10H2,1-2H3,(H,20,24)(H,21,22,23). The van der Waals surface area contributed by atoms with E-state index < -0.39 is 0 Å². The highest BCUT2D eigenvalue weighted by atomic mass is 79.9. The van der Waals surface area contributed by atoms with Crippen molar-refractivity contribution in [3.63, 3.8) is 0 Å². The molecule has 0 aliphatic heterocycles. The van der Waals surface area contributed by atoms with Crippen molar-refractivity contribution in [3.8, 4) is 11.4 Å². The van der Waals surface area contributed by atoms with Crippen molar-refractivity contribution >= 4 is 39.3 Å². The Labute approximate surface area is 158 Å². The van der Waals surface area contributed by atoms with E-state index in [1.807, 2.05) is 56.3 Å². The van der Waals surface area contributed by atoms with E-state index in [4.69, 9.17) is 0 Å². The molecule has 0 bridgehead atoms. The molecule has 0 fully saturated rings. The van der Waals surface area contributed by atoms with Gasteiger partial charge in [-0.2, -0.15) is 0 Å². The van der Waals surface area contributed by atoms with E-state index in [0.717, 1.165) is 26.9 Å². The number of halogens is 1. The quantitative estimate of drug-likeness (QED) is 0.596. The number of aromatic amines is 1. The molecule has 25 heavy (non-hydrogen) atoms. The van der Waals surface area contributed by atoms with Crippen LogP contribution in [0.25, 0.3) is 11.4 Å². The third-order valence-electron chi connectivity index (χ3n) is 3.65. The summed E-state index contributed by atoms with van der Waals surface area (Å²) < 4.78 is 0.967. The predicted molar refractivity (Wildman–Crippen MR) is 105 cm³/mol. The Bertz CT molecular complexity index is 910. The number of carbonyl (C=O) groups excluding carboxylic acids is 1. The van der Waals surface area contributed by atoms with E-state index >= 15 is 0 Å². The van der Waals surface area contributed by atoms with Crippen molar-refractivity contribution < 1.29 is 4.79 Å². The molecule has 1 amide bonds. The van der Waals surface area contributed by atoms with Crippen LogP contribution in [0.4, 0.5) is 5.69 Å². The molecule has 0 unspecified atom stereocenters. The topological polar surface area (TPSA) is 70.7 Å². The van der Waals surface area contributed by atoms with Gasteiger partial charge in [0.15, 0.2) is 5.82 Å². The Morgan fingerprint density at radius 1 is 1.20 bits per heavy atom. The number of H-pyrrole nitrogens is 1. The summed E-state index contributed by atoms with van der Waals surface area (Å²) in [5.74, 6) is 0.864. The molecule has 0 saturated carbocycles. The van der Waals surface area contributed by atoms with Crippen LogP contribution < -0.4 is 5.32 Å². The van der Waals surface area contributed by atoms with Crippen LogP contribution in [0, 0.1) is 13.8 Å². The fraction of sp³-hybridized carbons (Fsp3) is 0.167. The summed E-state index contributed by atoms with van der Waals surface area (Å²) in [4.78, 5) is 16.6. The zero-order valence-corrected chi connectivity index (χ0v) is 16.2. The van der Waals surface area contributed by atoms with Gasteiger partial charge in [-0.25, -0.2) is 4.98 Å². The summed E-state index contributed by atoms with van der Waals surface area (Å²) in [6, 6.07) is 13.7. The number of thioether (sulfide) groups is 1. The molecule has 0 radical (unpaired) electrons. The van der Waals surface area contributed by atoms with Gasteiger partial charge >= 0.3 is 0 Å².